The van der Waals surface area contributed by atoms with Crippen LogP contribution in [0, 0.1) is 12.8 Å². The van der Waals surface area contributed by atoms with Crippen LogP contribution in [-0.4, -0.2) is 34.3 Å². The summed E-state index contributed by atoms with van der Waals surface area (Å²) in [5.74, 6) is 1.58. The first kappa shape index (κ1) is 14.7. The lowest BCUT2D eigenvalue weighted by Gasteiger charge is -2.18. The van der Waals surface area contributed by atoms with Gasteiger partial charge in [0.15, 0.2) is 0 Å². The van der Waals surface area contributed by atoms with Crippen molar-refractivity contribution in [1.29, 1.82) is 0 Å². The first-order valence-electron chi connectivity index (χ1n) is 6.41. The Labute approximate surface area is 109 Å². The molecule has 0 spiro atoms. The fourth-order valence-corrected chi connectivity index (χ4v) is 1.76. The SMILES string of the molecule is CCOc1cc(C)nc(NC(CO)CC(C)C)n1. The Morgan fingerprint density at radius 3 is 2.67 bits per heavy atom. The molecule has 0 aromatic carbocycles. The van der Waals surface area contributed by atoms with E-state index < -0.39 is 0 Å². The highest BCUT2D eigenvalue weighted by atomic mass is 16.5. The first-order valence-corrected chi connectivity index (χ1v) is 6.41. The van der Waals surface area contributed by atoms with Crippen molar-refractivity contribution >= 4 is 5.95 Å². The summed E-state index contributed by atoms with van der Waals surface area (Å²) in [6.45, 7) is 8.69. The van der Waals surface area contributed by atoms with E-state index in [2.05, 4.69) is 29.1 Å². The predicted molar refractivity (Wildman–Crippen MR) is 71.9 cm³/mol. The van der Waals surface area contributed by atoms with E-state index in [4.69, 9.17) is 4.74 Å². The van der Waals surface area contributed by atoms with Gasteiger partial charge in [-0.15, -0.1) is 0 Å². The van der Waals surface area contributed by atoms with Gasteiger partial charge in [0.2, 0.25) is 11.8 Å². The Bertz CT molecular complexity index is 369. The Hall–Kier alpha value is -1.36. The quantitative estimate of drug-likeness (QED) is 0.778. The highest BCUT2D eigenvalue weighted by Gasteiger charge is 2.12. The summed E-state index contributed by atoms with van der Waals surface area (Å²) >= 11 is 0. The summed E-state index contributed by atoms with van der Waals surface area (Å²) in [6, 6.07) is 1.77. The second-order valence-corrected chi connectivity index (χ2v) is 4.76. The number of nitrogens with zero attached hydrogens (tertiary/aromatic N) is 2. The van der Waals surface area contributed by atoms with Crippen LogP contribution in [0.3, 0.4) is 0 Å². The highest BCUT2D eigenvalue weighted by molar-refractivity contribution is 5.31. The zero-order valence-corrected chi connectivity index (χ0v) is 11.6. The number of ether oxygens (including phenoxy) is 1. The van der Waals surface area contributed by atoms with Crippen molar-refractivity contribution < 1.29 is 9.84 Å². The lowest BCUT2D eigenvalue weighted by atomic mass is 10.0. The van der Waals surface area contributed by atoms with Gasteiger partial charge in [0.25, 0.3) is 0 Å². The van der Waals surface area contributed by atoms with E-state index >= 15 is 0 Å². The minimum absolute atomic E-state index is 0.0266. The average Bonchev–Trinajstić information content (AvgIpc) is 2.27. The molecular weight excluding hydrogens is 230 g/mol. The number of aromatic nitrogens is 2. The van der Waals surface area contributed by atoms with Crippen LogP contribution in [0.5, 0.6) is 5.88 Å². The van der Waals surface area contributed by atoms with Gasteiger partial charge in [-0.1, -0.05) is 13.8 Å². The van der Waals surface area contributed by atoms with Gasteiger partial charge in [-0.25, -0.2) is 4.98 Å². The number of aliphatic hydroxyl groups excluding tert-OH is 1. The van der Waals surface area contributed by atoms with Gasteiger partial charge in [-0.3, -0.25) is 0 Å². The fourth-order valence-electron chi connectivity index (χ4n) is 1.76. The molecule has 5 nitrogen and oxygen atoms in total. The van der Waals surface area contributed by atoms with Crippen molar-refractivity contribution in [3.05, 3.63) is 11.8 Å². The molecule has 0 aliphatic carbocycles. The summed E-state index contributed by atoms with van der Waals surface area (Å²) in [5.41, 5.74) is 0.845. The Morgan fingerprint density at radius 2 is 2.11 bits per heavy atom. The number of nitrogens with one attached hydrogen (secondary N) is 1. The van der Waals surface area contributed by atoms with Gasteiger partial charge >= 0.3 is 0 Å². The summed E-state index contributed by atoms with van der Waals surface area (Å²) < 4.78 is 5.37. The average molecular weight is 253 g/mol. The largest absolute Gasteiger partial charge is 0.478 e. The molecule has 18 heavy (non-hydrogen) atoms. The summed E-state index contributed by atoms with van der Waals surface area (Å²) in [7, 11) is 0. The molecular formula is C13H23N3O2. The molecule has 1 aromatic heterocycles. The second-order valence-electron chi connectivity index (χ2n) is 4.76. The molecule has 1 aromatic rings. The van der Waals surface area contributed by atoms with Crippen LogP contribution in [0.1, 0.15) is 32.9 Å². The standard InChI is InChI=1S/C13H23N3O2/c1-5-18-12-7-10(4)14-13(16-12)15-11(8-17)6-9(2)3/h7,9,11,17H,5-6,8H2,1-4H3,(H,14,15,16). The molecule has 0 aliphatic rings. The molecule has 1 rings (SSSR count). The third kappa shape index (κ3) is 4.87. The van der Waals surface area contributed by atoms with Crippen molar-refractivity contribution in [2.45, 2.75) is 40.2 Å². The van der Waals surface area contributed by atoms with E-state index in [1.807, 2.05) is 13.8 Å². The molecule has 0 saturated heterocycles. The highest BCUT2D eigenvalue weighted by Crippen LogP contribution is 2.14. The lowest BCUT2D eigenvalue weighted by Crippen LogP contribution is -2.26. The maximum atomic E-state index is 9.33. The van der Waals surface area contributed by atoms with Crippen molar-refractivity contribution in [2.24, 2.45) is 5.92 Å². The van der Waals surface area contributed by atoms with E-state index in [-0.39, 0.29) is 12.6 Å². The number of aryl methyl sites for hydroxylation is 1. The van der Waals surface area contributed by atoms with Crippen LogP contribution >= 0.6 is 0 Å². The van der Waals surface area contributed by atoms with Crippen molar-refractivity contribution in [3.63, 3.8) is 0 Å². The Kier molecular flexibility index (Phi) is 5.85. The zero-order chi connectivity index (χ0) is 13.5. The van der Waals surface area contributed by atoms with Gasteiger partial charge in [-0.05, 0) is 26.2 Å². The topological polar surface area (TPSA) is 67.3 Å². The normalized spacial score (nSPS) is 12.6. The first-order chi connectivity index (χ1) is 8.55. The van der Waals surface area contributed by atoms with Crippen LogP contribution in [0.4, 0.5) is 5.95 Å². The van der Waals surface area contributed by atoms with E-state index in [0.29, 0.717) is 24.4 Å². The van der Waals surface area contributed by atoms with Gasteiger partial charge in [-0.2, -0.15) is 4.98 Å². The Morgan fingerprint density at radius 1 is 1.39 bits per heavy atom. The van der Waals surface area contributed by atoms with Gasteiger partial charge in [0, 0.05) is 11.8 Å². The molecule has 0 fully saturated rings. The molecule has 1 unspecified atom stereocenters. The summed E-state index contributed by atoms with van der Waals surface area (Å²) in [4.78, 5) is 8.56. The number of aliphatic hydroxyl groups is 1. The molecule has 2 N–H and O–H groups in total. The molecule has 102 valence electrons. The molecule has 1 atom stereocenters. The van der Waals surface area contributed by atoms with E-state index in [1.54, 1.807) is 6.07 Å². The molecule has 0 amide bonds. The van der Waals surface area contributed by atoms with Crippen LogP contribution in [0.25, 0.3) is 0 Å². The Balaban J connectivity index is 2.75. The third-order valence-electron chi connectivity index (χ3n) is 2.43. The smallest absolute Gasteiger partial charge is 0.226 e. The van der Waals surface area contributed by atoms with Gasteiger partial charge < -0.3 is 15.2 Å². The maximum Gasteiger partial charge on any atom is 0.226 e. The number of rotatable bonds is 7. The van der Waals surface area contributed by atoms with Crippen molar-refractivity contribution in [3.8, 4) is 5.88 Å². The van der Waals surface area contributed by atoms with E-state index in [1.165, 1.54) is 0 Å². The molecule has 0 aliphatic heterocycles. The van der Waals surface area contributed by atoms with Crippen molar-refractivity contribution in [2.75, 3.05) is 18.5 Å². The minimum atomic E-state index is -0.0266. The fraction of sp³-hybridized carbons (Fsp3) is 0.692. The number of anilines is 1. The second kappa shape index (κ2) is 7.16. The lowest BCUT2D eigenvalue weighted by molar-refractivity contribution is 0.258. The molecule has 0 radical (unpaired) electrons. The summed E-state index contributed by atoms with van der Waals surface area (Å²) in [5, 5.41) is 12.5. The maximum absolute atomic E-state index is 9.33. The van der Waals surface area contributed by atoms with Crippen LogP contribution in [-0.2, 0) is 0 Å². The van der Waals surface area contributed by atoms with Crippen molar-refractivity contribution in [1.82, 2.24) is 9.97 Å². The van der Waals surface area contributed by atoms with Gasteiger partial charge in [0.05, 0.1) is 19.3 Å². The minimum Gasteiger partial charge on any atom is -0.478 e. The van der Waals surface area contributed by atoms with E-state index in [0.717, 1.165) is 12.1 Å². The molecule has 0 saturated carbocycles. The summed E-state index contributed by atoms with van der Waals surface area (Å²) in [6.07, 6.45) is 0.873. The molecule has 5 heteroatoms. The molecule has 0 bridgehead atoms. The third-order valence-corrected chi connectivity index (χ3v) is 2.43. The monoisotopic (exact) mass is 253 g/mol. The molecule has 1 heterocycles. The van der Waals surface area contributed by atoms with E-state index in [9.17, 15) is 5.11 Å². The van der Waals surface area contributed by atoms with Gasteiger partial charge in [0.1, 0.15) is 0 Å². The van der Waals surface area contributed by atoms with Crippen LogP contribution in [0.15, 0.2) is 6.07 Å². The van der Waals surface area contributed by atoms with Crippen LogP contribution in [0.2, 0.25) is 0 Å². The zero-order valence-electron chi connectivity index (χ0n) is 11.6. The number of hydrogen-bond donors (Lipinski definition) is 2. The predicted octanol–water partition coefficient (Wildman–Crippen LogP) is 2.00. The van der Waals surface area contributed by atoms with Crippen LogP contribution < -0.4 is 10.1 Å². The number of hydrogen-bond acceptors (Lipinski definition) is 5.